The molecule has 0 spiro atoms. The standard InChI is InChI=1S/C21H24N4O4S/c1-6-30(27,28)12-17-22-19(16-10-15(4)20(26)25(5)11-16)24-21(23-17)29-18-13(2)8-7-9-14(18)3/h7-11H,6,12H2,1-5H3. The van der Waals surface area contributed by atoms with Crippen LogP contribution in [0.1, 0.15) is 29.4 Å². The molecule has 0 aliphatic rings. The van der Waals surface area contributed by atoms with Crippen LogP contribution in [0.15, 0.2) is 35.3 Å². The van der Waals surface area contributed by atoms with E-state index >= 15 is 0 Å². The Morgan fingerprint density at radius 1 is 1.03 bits per heavy atom. The second kappa shape index (κ2) is 8.35. The summed E-state index contributed by atoms with van der Waals surface area (Å²) in [6.45, 7) is 7.08. The average Bonchev–Trinajstić information content (AvgIpc) is 2.68. The van der Waals surface area contributed by atoms with Gasteiger partial charge < -0.3 is 9.30 Å². The van der Waals surface area contributed by atoms with E-state index in [2.05, 4.69) is 15.0 Å². The number of pyridine rings is 1. The summed E-state index contributed by atoms with van der Waals surface area (Å²) < 4.78 is 31.7. The zero-order valence-electron chi connectivity index (χ0n) is 17.6. The fourth-order valence-electron chi connectivity index (χ4n) is 2.99. The van der Waals surface area contributed by atoms with Crippen molar-refractivity contribution in [2.45, 2.75) is 33.4 Å². The molecular weight excluding hydrogens is 404 g/mol. The summed E-state index contributed by atoms with van der Waals surface area (Å²) in [7, 11) is -1.73. The number of aryl methyl sites for hydroxylation is 4. The van der Waals surface area contributed by atoms with Gasteiger partial charge in [-0.05, 0) is 38.0 Å². The molecule has 3 rings (SSSR count). The minimum Gasteiger partial charge on any atom is -0.424 e. The van der Waals surface area contributed by atoms with Gasteiger partial charge in [-0.2, -0.15) is 9.97 Å². The third-order valence-electron chi connectivity index (χ3n) is 4.67. The molecule has 0 saturated carbocycles. The molecule has 9 heteroatoms. The third-order valence-corrected chi connectivity index (χ3v) is 6.25. The number of rotatable bonds is 6. The van der Waals surface area contributed by atoms with Crippen LogP contribution < -0.4 is 10.3 Å². The van der Waals surface area contributed by atoms with E-state index in [4.69, 9.17) is 4.74 Å². The Labute approximate surface area is 175 Å². The molecule has 0 aliphatic carbocycles. The van der Waals surface area contributed by atoms with Gasteiger partial charge in [0.1, 0.15) is 11.5 Å². The topological polar surface area (TPSA) is 104 Å². The van der Waals surface area contributed by atoms with E-state index in [0.29, 0.717) is 16.9 Å². The molecule has 1 aromatic carbocycles. The van der Waals surface area contributed by atoms with Gasteiger partial charge in [0.25, 0.3) is 5.56 Å². The van der Waals surface area contributed by atoms with Crippen molar-refractivity contribution in [1.82, 2.24) is 19.5 Å². The van der Waals surface area contributed by atoms with Gasteiger partial charge in [-0.1, -0.05) is 25.1 Å². The van der Waals surface area contributed by atoms with Crippen LogP contribution in [0, 0.1) is 20.8 Å². The van der Waals surface area contributed by atoms with Gasteiger partial charge in [0.2, 0.25) is 0 Å². The molecule has 158 valence electrons. The molecule has 2 heterocycles. The van der Waals surface area contributed by atoms with E-state index in [1.54, 1.807) is 33.2 Å². The fraction of sp³-hybridized carbons (Fsp3) is 0.333. The molecule has 0 fully saturated rings. The lowest BCUT2D eigenvalue weighted by Crippen LogP contribution is -2.19. The number of aromatic nitrogens is 4. The first-order chi connectivity index (χ1) is 14.1. The lowest BCUT2D eigenvalue weighted by molar-refractivity contribution is 0.431. The quantitative estimate of drug-likeness (QED) is 0.594. The van der Waals surface area contributed by atoms with Crippen LogP contribution in [-0.2, 0) is 22.6 Å². The Hall–Kier alpha value is -3.07. The average molecular weight is 429 g/mol. The summed E-state index contributed by atoms with van der Waals surface area (Å²) in [4.78, 5) is 25.0. The first kappa shape index (κ1) is 21.6. The summed E-state index contributed by atoms with van der Waals surface area (Å²) in [5.41, 5.74) is 2.76. The molecule has 0 aliphatic heterocycles. The first-order valence-electron chi connectivity index (χ1n) is 9.46. The predicted octanol–water partition coefficient (Wildman–Crippen LogP) is 2.89. The van der Waals surface area contributed by atoms with Gasteiger partial charge in [-0.25, -0.2) is 13.4 Å². The van der Waals surface area contributed by atoms with Crippen LogP contribution in [0.5, 0.6) is 11.8 Å². The summed E-state index contributed by atoms with van der Waals surface area (Å²) in [5, 5.41) is 0. The van der Waals surface area contributed by atoms with Gasteiger partial charge >= 0.3 is 6.01 Å². The largest absolute Gasteiger partial charge is 0.424 e. The summed E-state index contributed by atoms with van der Waals surface area (Å²) >= 11 is 0. The monoisotopic (exact) mass is 428 g/mol. The van der Waals surface area contributed by atoms with Crippen LogP contribution in [0.4, 0.5) is 0 Å². The van der Waals surface area contributed by atoms with Gasteiger partial charge in [0, 0.05) is 30.1 Å². The highest BCUT2D eigenvalue weighted by Gasteiger charge is 2.18. The molecule has 0 unspecified atom stereocenters. The van der Waals surface area contributed by atoms with Crippen LogP contribution in [-0.4, -0.2) is 33.7 Å². The summed E-state index contributed by atoms with van der Waals surface area (Å²) in [6, 6.07) is 7.40. The maximum absolute atomic E-state index is 12.2. The second-order valence-electron chi connectivity index (χ2n) is 7.19. The smallest absolute Gasteiger partial charge is 0.325 e. The zero-order chi connectivity index (χ0) is 22.1. The van der Waals surface area contributed by atoms with Crippen LogP contribution in [0.3, 0.4) is 0 Å². The Morgan fingerprint density at radius 2 is 1.70 bits per heavy atom. The van der Waals surface area contributed by atoms with Gasteiger partial charge in [0.15, 0.2) is 21.5 Å². The van der Waals surface area contributed by atoms with Crippen molar-refractivity contribution in [2.24, 2.45) is 7.05 Å². The first-order valence-corrected chi connectivity index (χ1v) is 11.3. The minimum atomic E-state index is -3.36. The molecule has 0 radical (unpaired) electrons. The Bertz CT molecular complexity index is 1220. The maximum Gasteiger partial charge on any atom is 0.325 e. The van der Waals surface area contributed by atoms with Gasteiger partial charge in [-0.15, -0.1) is 0 Å². The number of sulfone groups is 1. The normalized spacial score (nSPS) is 11.5. The Kier molecular flexibility index (Phi) is 6.02. The van der Waals surface area contributed by atoms with Crippen molar-refractivity contribution < 1.29 is 13.2 Å². The molecule has 8 nitrogen and oxygen atoms in total. The van der Waals surface area contributed by atoms with Crippen LogP contribution in [0.2, 0.25) is 0 Å². The molecule has 2 aromatic heterocycles. The Morgan fingerprint density at radius 3 is 2.30 bits per heavy atom. The predicted molar refractivity (Wildman–Crippen MR) is 114 cm³/mol. The molecule has 0 N–H and O–H groups in total. The molecule has 0 amide bonds. The van der Waals surface area contributed by atoms with E-state index in [1.807, 2.05) is 32.0 Å². The SMILES string of the molecule is CCS(=O)(=O)Cc1nc(Oc2c(C)cccc2C)nc(-c2cc(C)c(=O)n(C)c2)n1. The lowest BCUT2D eigenvalue weighted by Gasteiger charge is -2.12. The number of ether oxygens (including phenoxy) is 1. The summed E-state index contributed by atoms with van der Waals surface area (Å²) in [5.74, 6) is 0.587. The van der Waals surface area contributed by atoms with E-state index in [0.717, 1.165) is 11.1 Å². The number of benzene rings is 1. The van der Waals surface area contributed by atoms with Crippen LogP contribution in [0.25, 0.3) is 11.4 Å². The lowest BCUT2D eigenvalue weighted by atomic mass is 10.1. The minimum absolute atomic E-state index is 0.00482. The highest BCUT2D eigenvalue weighted by Crippen LogP contribution is 2.28. The van der Waals surface area contributed by atoms with Crippen molar-refractivity contribution in [3.8, 4) is 23.1 Å². The molecule has 0 atom stereocenters. The fourth-order valence-corrected chi connectivity index (χ4v) is 3.71. The molecule has 0 bridgehead atoms. The van der Waals surface area contributed by atoms with Crippen molar-refractivity contribution in [3.63, 3.8) is 0 Å². The van der Waals surface area contributed by atoms with Gasteiger partial charge in [0.05, 0.1) is 0 Å². The third kappa shape index (κ3) is 4.73. The van der Waals surface area contributed by atoms with Crippen molar-refractivity contribution in [2.75, 3.05) is 5.75 Å². The Balaban J connectivity index is 2.15. The van der Waals surface area contributed by atoms with Crippen molar-refractivity contribution in [1.29, 1.82) is 0 Å². The number of nitrogens with zero attached hydrogens (tertiary/aromatic N) is 4. The summed E-state index contributed by atoms with van der Waals surface area (Å²) in [6.07, 6.45) is 1.60. The molecule has 0 saturated heterocycles. The second-order valence-corrected chi connectivity index (χ2v) is 9.54. The number of para-hydroxylation sites is 1. The van der Waals surface area contributed by atoms with Gasteiger partial charge in [-0.3, -0.25) is 4.79 Å². The van der Waals surface area contributed by atoms with Crippen molar-refractivity contribution >= 4 is 9.84 Å². The van der Waals surface area contributed by atoms with E-state index in [1.165, 1.54) is 4.57 Å². The molecule has 3 aromatic rings. The van der Waals surface area contributed by atoms with E-state index in [9.17, 15) is 13.2 Å². The molecular formula is C21H24N4O4S. The molecule has 30 heavy (non-hydrogen) atoms. The van der Waals surface area contributed by atoms with E-state index < -0.39 is 9.84 Å². The zero-order valence-corrected chi connectivity index (χ0v) is 18.4. The number of hydrogen-bond donors (Lipinski definition) is 0. The maximum atomic E-state index is 12.2. The highest BCUT2D eigenvalue weighted by molar-refractivity contribution is 7.90. The van der Waals surface area contributed by atoms with E-state index in [-0.39, 0.29) is 34.7 Å². The number of hydrogen-bond acceptors (Lipinski definition) is 7. The van der Waals surface area contributed by atoms with Crippen LogP contribution >= 0.6 is 0 Å². The highest BCUT2D eigenvalue weighted by atomic mass is 32.2. The van der Waals surface area contributed by atoms with Crippen molar-refractivity contribution in [3.05, 3.63) is 63.3 Å².